The second-order valence-corrected chi connectivity index (χ2v) is 8.22. The van der Waals surface area contributed by atoms with E-state index in [0.717, 1.165) is 22.3 Å². The van der Waals surface area contributed by atoms with Gasteiger partial charge in [-0.1, -0.05) is 62.4 Å². The first-order chi connectivity index (χ1) is 15.8. The highest BCUT2D eigenvalue weighted by Crippen LogP contribution is 2.33. The Morgan fingerprint density at radius 2 is 0.909 bits per heavy atom. The Balaban J connectivity index is 1.38. The Kier molecular flexibility index (Phi) is 6.05. The number of rotatable bonds is 5. The Morgan fingerprint density at radius 3 is 1.36 bits per heavy atom. The van der Waals surface area contributed by atoms with Crippen LogP contribution in [0.2, 0.25) is 0 Å². The van der Waals surface area contributed by atoms with Crippen LogP contribution < -0.4 is 9.47 Å². The molecule has 4 aromatic rings. The van der Waals surface area contributed by atoms with Crippen LogP contribution >= 0.6 is 0 Å². The van der Waals surface area contributed by atoms with Gasteiger partial charge in [-0.3, -0.25) is 0 Å². The van der Waals surface area contributed by atoms with Gasteiger partial charge in [0.2, 0.25) is 0 Å². The van der Waals surface area contributed by atoms with Crippen LogP contribution in [0.4, 0.5) is 4.79 Å². The van der Waals surface area contributed by atoms with E-state index in [1.807, 2.05) is 48.5 Å². The van der Waals surface area contributed by atoms with Crippen molar-refractivity contribution in [1.82, 2.24) is 0 Å². The van der Waals surface area contributed by atoms with Crippen molar-refractivity contribution < 1.29 is 24.5 Å². The lowest BCUT2D eigenvalue weighted by atomic mass is 9.78. The molecular weight excluding hydrogens is 416 g/mol. The van der Waals surface area contributed by atoms with Crippen LogP contribution in [0.15, 0.2) is 97.1 Å². The van der Waals surface area contributed by atoms with Gasteiger partial charge in [0.15, 0.2) is 0 Å². The van der Waals surface area contributed by atoms with Gasteiger partial charge >= 0.3 is 6.16 Å². The fourth-order valence-electron chi connectivity index (χ4n) is 3.57. The molecule has 0 spiro atoms. The molecule has 4 aromatic carbocycles. The predicted molar refractivity (Wildman–Crippen MR) is 127 cm³/mol. The van der Waals surface area contributed by atoms with Gasteiger partial charge in [0, 0.05) is 5.41 Å². The fourth-order valence-corrected chi connectivity index (χ4v) is 3.57. The molecule has 5 nitrogen and oxygen atoms in total. The topological polar surface area (TPSA) is 76.0 Å². The van der Waals surface area contributed by atoms with E-state index in [2.05, 4.69) is 13.8 Å². The second-order valence-electron chi connectivity index (χ2n) is 8.22. The molecule has 0 fully saturated rings. The molecule has 166 valence electrons. The molecule has 0 aliphatic rings. The highest BCUT2D eigenvalue weighted by atomic mass is 16.7. The number of phenols is 2. The summed E-state index contributed by atoms with van der Waals surface area (Å²) in [6, 6.07) is 28.3. The third-order valence-electron chi connectivity index (χ3n) is 5.62. The predicted octanol–water partition coefficient (Wildman–Crippen LogP) is 6.67. The number of benzene rings is 4. The summed E-state index contributed by atoms with van der Waals surface area (Å²) in [6.07, 6.45) is -0.821. The minimum Gasteiger partial charge on any atom is -0.508 e. The molecule has 0 amide bonds. The van der Waals surface area contributed by atoms with Gasteiger partial charge in [-0.15, -0.1) is 0 Å². The van der Waals surface area contributed by atoms with Crippen LogP contribution in [0.5, 0.6) is 23.0 Å². The quantitative estimate of drug-likeness (QED) is 0.268. The minimum atomic E-state index is -0.821. The standard InChI is InChI=1S/C28H24O5/c1-28(2,21-7-13-24(30)14-8-21)22-9-17-26(18-10-22)33-27(31)32-25-15-5-20(6-16-25)19-3-11-23(29)12-4-19/h3-18,29-30H,1-2H3. The van der Waals surface area contributed by atoms with Gasteiger partial charge in [-0.05, 0) is 70.8 Å². The summed E-state index contributed by atoms with van der Waals surface area (Å²) < 4.78 is 10.6. The van der Waals surface area contributed by atoms with Gasteiger partial charge in [0.25, 0.3) is 0 Å². The molecule has 4 rings (SSSR count). The summed E-state index contributed by atoms with van der Waals surface area (Å²) in [7, 11) is 0. The minimum absolute atomic E-state index is 0.207. The third-order valence-corrected chi connectivity index (χ3v) is 5.62. The molecule has 0 saturated heterocycles. The van der Waals surface area contributed by atoms with Crippen LogP contribution in [0.3, 0.4) is 0 Å². The first kappa shape index (κ1) is 22.0. The Morgan fingerprint density at radius 1 is 0.576 bits per heavy atom. The average molecular weight is 440 g/mol. The molecule has 0 aromatic heterocycles. The van der Waals surface area contributed by atoms with Crippen LogP contribution in [0.25, 0.3) is 11.1 Å². The van der Waals surface area contributed by atoms with Crippen LogP contribution in [0, 0.1) is 0 Å². The average Bonchev–Trinajstić information content (AvgIpc) is 2.81. The summed E-state index contributed by atoms with van der Waals surface area (Å²) in [5, 5.41) is 18.9. The van der Waals surface area contributed by atoms with Crippen molar-refractivity contribution in [3.05, 3.63) is 108 Å². The third kappa shape index (κ3) is 5.15. The van der Waals surface area contributed by atoms with Crippen molar-refractivity contribution >= 4 is 6.16 Å². The monoisotopic (exact) mass is 440 g/mol. The Hall–Kier alpha value is -4.25. The lowest BCUT2D eigenvalue weighted by Gasteiger charge is -2.26. The van der Waals surface area contributed by atoms with Crippen molar-refractivity contribution in [1.29, 1.82) is 0 Å². The van der Waals surface area contributed by atoms with Crippen molar-refractivity contribution in [3.63, 3.8) is 0 Å². The lowest BCUT2D eigenvalue weighted by Crippen LogP contribution is -2.19. The van der Waals surface area contributed by atoms with Gasteiger partial charge < -0.3 is 19.7 Å². The SMILES string of the molecule is CC(C)(c1ccc(O)cc1)c1ccc(OC(=O)Oc2ccc(-c3ccc(O)cc3)cc2)cc1. The van der Waals surface area contributed by atoms with Crippen LogP contribution in [-0.4, -0.2) is 16.4 Å². The summed E-state index contributed by atoms with van der Waals surface area (Å²) in [5.41, 5.74) is 3.69. The van der Waals surface area contributed by atoms with Crippen LogP contribution in [0.1, 0.15) is 25.0 Å². The number of carbonyl (C=O) groups is 1. The van der Waals surface area contributed by atoms with Crippen molar-refractivity contribution in [2.24, 2.45) is 0 Å². The van der Waals surface area contributed by atoms with Crippen molar-refractivity contribution in [3.8, 4) is 34.1 Å². The van der Waals surface area contributed by atoms with Gasteiger partial charge in [-0.25, -0.2) is 4.79 Å². The molecule has 33 heavy (non-hydrogen) atoms. The van der Waals surface area contributed by atoms with Crippen molar-refractivity contribution in [2.75, 3.05) is 0 Å². The van der Waals surface area contributed by atoms with E-state index in [9.17, 15) is 15.0 Å². The maximum Gasteiger partial charge on any atom is 0.519 e. The fraction of sp³-hybridized carbons (Fsp3) is 0.107. The second kappa shape index (κ2) is 9.09. The highest BCUT2D eigenvalue weighted by Gasteiger charge is 2.23. The number of hydrogen-bond acceptors (Lipinski definition) is 5. The number of aromatic hydroxyl groups is 2. The Labute approximate surface area is 192 Å². The lowest BCUT2D eigenvalue weighted by molar-refractivity contribution is 0.152. The molecule has 0 saturated carbocycles. The summed E-state index contributed by atoms with van der Waals surface area (Å²) in [5.74, 6) is 1.18. The van der Waals surface area contributed by atoms with E-state index < -0.39 is 6.16 Å². The Bertz CT molecular complexity index is 1220. The smallest absolute Gasteiger partial charge is 0.508 e. The first-order valence-electron chi connectivity index (χ1n) is 10.5. The molecule has 5 heteroatoms. The molecule has 0 radical (unpaired) electrons. The van der Waals surface area contributed by atoms with Crippen molar-refractivity contribution in [2.45, 2.75) is 19.3 Å². The molecule has 0 heterocycles. The first-order valence-corrected chi connectivity index (χ1v) is 10.5. The molecule has 0 unspecified atom stereocenters. The van der Waals surface area contributed by atoms with E-state index in [0.29, 0.717) is 11.5 Å². The highest BCUT2D eigenvalue weighted by molar-refractivity contribution is 5.69. The maximum absolute atomic E-state index is 12.2. The summed E-state index contributed by atoms with van der Waals surface area (Å²) in [4.78, 5) is 12.2. The molecule has 0 bridgehead atoms. The largest absolute Gasteiger partial charge is 0.519 e. The summed E-state index contributed by atoms with van der Waals surface area (Å²) >= 11 is 0. The normalized spacial score (nSPS) is 11.1. The zero-order valence-corrected chi connectivity index (χ0v) is 18.4. The molecule has 0 atom stereocenters. The van der Waals surface area contributed by atoms with E-state index in [4.69, 9.17) is 9.47 Å². The molecular formula is C28H24O5. The summed E-state index contributed by atoms with van der Waals surface area (Å²) in [6.45, 7) is 4.18. The zero-order valence-electron chi connectivity index (χ0n) is 18.4. The molecule has 2 N–H and O–H groups in total. The number of carbonyl (C=O) groups excluding carboxylic acids is 1. The van der Waals surface area contributed by atoms with Gasteiger partial charge in [0.1, 0.15) is 23.0 Å². The van der Waals surface area contributed by atoms with E-state index in [1.54, 1.807) is 48.5 Å². The van der Waals surface area contributed by atoms with Gasteiger partial charge in [0.05, 0.1) is 0 Å². The number of ether oxygens (including phenoxy) is 2. The van der Waals surface area contributed by atoms with Crippen LogP contribution in [-0.2, 0) is 5.41 Å². The number of hydrogen-bond donors (Lipinski definition) is 2. The molecule has 0 aliphatic carbocycles. The van der Waals surface area contributed by atoms with E-state index in [-0.39, 0.29) is 16.9 Å². The zero-order chi connectivity index (χ0) is 23.4. The van der Waals surface area contributed by atoms with E-state index in [1.165, 1.54) is 0 Å². The van der Waals surface area contributed by atoms with Gasteiger partial charge in [-0.2, -0.15) is 0 Å². The van der Waals surface area contributed by atoms with E-state index >= 15 is 0 Å². The molecule has 0 aliphatic heterocycles. The number of phenolic OH excluding ortho intramolecular Hbond substituents is 2. The maximum atomic E-state index is 12.2.